The Hall–Kier alpha value is -2.29. The minimum atomic E-state index is -0.237. The predicted octanol–water partition coefficient (Wildman–Crippen LogP) is 0.778. The number of aromatic amines is 1. The van der Waals surface area contributed by atoms with Crippen LogP contribution in [0, 0.1) is 13.8 Å². The third kappa shape index (κ3) is 1.56. The van der Waals surface area contributed by atoms with E-state index in [2.05, 4.69) is 30.7 Å². The smallest absolute Gasteiger partial charge is 0.270 e. The molecule has 0 aliphatic carbocycles. The Bertz CT molecular complexity index is 711. The first-order chi connectivity index (χ1) is 8.66. The fourth-order valence-corrected chi connectivity index (χ4v) is 2.71. The molecule has 0 aliphatic heterocycles. The lowest BCUT2D eigenvalue weighted by Gasteiger charge is -1.99. The average Bonchev–Trinajstić information content (AvgIpc) is 3.00. The topological polar surface area (TPSA) is 101 Å². The Balaban J connectivity index is 1.99. The second-order valence-electron chi connectivity index (χ2n) is 3.67. The maximum absolute atomic E-state index is 12.1. The Morgan fingerprint density at radius 3 is 2.94 bits per heavy atom. The van der Waals surface area contributed by atoms with Crippen LogP contribution in [0.3, 0.4) is 0 Å². The normalized spacial score (nSPS) is 11.0. The Kier molecular flexibility index (Phi) is 2.33. The summed E-state index contributed by atoms with van der Waals surface area (Å²) in [5.41, 5.74) is 0.814. The lowest BCUT2D eigenvalue weighted by Crippen LogP contribution is -2.13. The molecule has 3 aromatic rings. The number of hydrogen-bond acceptors (Lipinski definition) is 6. The van der Waals surface area contributed by atoms with Gasteiger partial charge in [0.05, 0.1) is 0 Å². The zero-order valence-corrected chi connectivity index (χ0v) is 10.4. The van der Waals surface area contributed by atoms with Gasteiger partial charge in [-0.15, -0.1) is 10.2 Å². The van der Waals surface area contributed by atoms with Gasteiger partial charge >= 0.3 is 0 Å². The number of amides is 1. The lowest BCUT2D eigenvalue weighted by molar-refractivity contribution is 0.102. The molecule has 8 nitrogen and oxygen atoms in total. The van der Waals surface area contributed by atoms with E-state index >= 15 is 0 Å². The number of hydrogen-bond donors (Lipinski definition) is 2. The van der Waals surface area contributed by atoms with Crippen LogP contribution < -0.4 is 5.32 Å². The third-order valence-corrected chi connectivity index (χ3v) is 3.64. The fraction of sp³-hybridized carbons (Fsp3) is 0.222. The van der Waals surface area contributed by atoms with Crippen molar-refractivity contribution in [2.75, 3.05) is 5.32 Å². The van der Waals surface area contributed by atoms with Crippen LogP contribution in [0.2, 0.25) is 0 Å². The molecule has 0 atom stereocenters. The number of carbonyl (C=O) groups is 1. The first-order valence-corrected chi connectivity index (χ1v) is 5.96. The van der Waals surface area contributed by atoms with Gasteiger partial charge < -0.3 is 0 Å². The molecule has 0 aliphatic rings. The lowest BCUT2D eigenvalue weighted by atomic mass is 10.3. The van der Waals surface area contributed by atoms with Crippen LogP contribution in [0.1, 0.15) is 21.2 Å². The van der Waals surface area contributed by atoms with Crippen LogP contribution in [0.15, 0.2) is 6.33 Å². The summed E-state index contributed by atoms with van der Waals surface area (Å²) in [5.74, 6) is 0.844. The van der Waals surface area contributed by atoms with Crippen LogP contribution in [-0.2, 0) is 0 Å². The molecule has 18 heavy (non-hydrogen) atoms. The number of aryl methyl sites for hydroxylation is 2. The molecule has 0 radical (unpaired) electrons. The van der Waals surface area contributed by atoms with Crippen molar-refractivity contribution >= 4 is 28.2 Å². The van der Waals surface area contributed by atoms with E-state index in [0.717, 1.165) is 11.5 Å². The largest absolute Gasteiger partial charge is 0.290 e. The number of rotatable bonds is 2. The molecule has 2 N–H and O–H groups in total. The molecule has 0 saturated carbocycles. The van der Waals surface area contributed by atoms with Gasteiger partial charge in [-0.1, -0.05) is 11.3 Å². The quantitative estimate of drug-likeness (QED) is 0.711. The minimum absolute atomic E-state index is 0.237. The molecule has 0 aromatic carbocycles. The van der Waals surface area contributed by atoms with Crippen LogP contribution in [0.5, 0.6) is 0 Å². The highest BCUT2D eigenvalue weighted by molar-refractivity contribution is 7.19. The monoisotopic (exact) mass is 263 g/mol. The van der Waals surface area contributed by atoms with Gasteiger partial charge in [0.25, 0.3) is 5.91 Å². The summed E-state index contributed by atoms with van der Waals surface area (Å²) in [7, 11) is 0. The molecule has 0 saturated heterocycles. The highest BCUT2D eigenvalue weighted by atomic mass is 32.1. The number of H-pyrrole nitrogens is 1. The molecule has 9 heteroatoms. The van der Waals surface area contributed by atoms with Crippen LogP contribution >= 0.6 is 11.3 Å². The molecule has 1 amide bonds. The van der Waals surface area contributed by atoms with Gasteiger partial charge in [0.1, 0.15) is 17.0 Å². The van der Waals surface area contributed by atoms with Gasteiger partial charge in [-0.3, -0.25) is 14.5 Å². The van der Waals surface area contributed by atoms with E-state index in [1.54, 1.807) is 0 Å². The van der Waals surface area contributed by atoms with E-state index in [1.807, 2.05) is 18.2 Å². The van der Waals surface area contributed by atoms with E-state index in [0.29, 0.717) is 15.8 Å². The van der Waals surface area contributed by atoms with E-state index < -0.39 is 0 Å². The number of fused-ring (bicyclic) bond motifs is 1. The Morgan fingerprint density at radius 2 is 2.28 bits per heavy atom. The van der Waals surface area contributed by atoms with Crippen molar-refractivity contribution in [3.63, 3.8) is 0 Å². The van der Waals surface area contributed by atoms with Crippen molar-refractivity contribution in [1.29, 1.82) is 0 Å². The number of anilines is 1. The molecule has 0 fully saturated rings. The second-order valence-corrected chi connectivity index (χ2v) is 4.65. The van der Waals surface area contributed by atoms with Crippen molar-refractivity contribution in [2.24, 2.45) is 0 Å². The first-order valence-electron chi connectivity index (χ1n) is 5.14. The number of aromatic nitrogens is 6. The molecule has 0 spiro atoms. The number of nitrogens with zero attached hydrogens (tertiary/aromatic N) is 5. The van der Waals surface area contributed by atoms with Crippen molar-refractivity contribution in [3.8, 4) is 0 Å². The fourth-order valence-electron chi connectivity index (χ4n) is 1.70. The SMILES string of the molecule is Cc1nnc2sc(C(=O)Nc3ncn[nH]3)c(C)n12. The zero-order valence-electron chi connectivity index (χ0n) is 9.63. The molecule has 3 heterocycles. The highest BCUT2D eigenvalue weighted by Crippen LogP contribution is 2.23. The van der Waals surface area contributed by atoms with E-state index in [-0.39, 0.29) is 5.91 Å². The molecular formula is C9H9N7OS. The Labute approximate surface area is 105 Å². The third-order valence-electron chi connectivity index (χ3n) is 2.51. The van der Waals surface area contributed by atoms with Gasteiger partial charge in [0, 0.05) is 5.69 Å². The van der Waals surface area contributed by atoms with Gasteiger partial charge in [-0.05, 0) is 13.8 Å². The summed E-state index contributed by atoms with van der Waals surface area (Å²) in [4.78, 5) is 17.2. The standard InChI is InChI=1S/C9H9N7OS/c1-4-6(7(17)12-8-10-3-11-14-8)18-9-15-13-5(2)16(4)9/h3H,1-2H3,(H2,10,11,12,14,17). The Morgan fingerprint density at radius 1 is 1.44 bits per heavy atom. The van der Waals surface area contributed by atoms with Gasteiger partial charge in [-0.25, -0.2) is 5.10 Å². The van der Waals surface area contributed by atoms with Gasteiger partial charge in [0.2, 0.25) is 10.9 Å². The summed E-state index contributed by atoms with van der Waals surface area (Å²) in [6.45, 7) is 3.70. The molecular weight excluding hydrogens is 254 g/mol. The molecule has 0 bridgehead atoms. The summed E-state index contributed by atoms with van der Waals surface area (Å²) >= 11 is 1.29. The maximum Gasteiger partial charge on any atom is 0.270 e. The minimum Gasteiger partial charge on any atom is -0.290 e. The number of thiazole rings is 1. The van der Waals surface area contributed by atoms with Crippen LogP contribution in [0.25, 0.3) is 4.96 Å². The van der Waals surface area contributed by atoms with E-state index in [4.69, 9.17) is 0 Å². The number of nitrogens with one attached hydrogen (secondary N) is 2. The van der Waals surface area contributed by atoms with Gasteiger partial charge in [0.15, 0.2) is 0 Å². The maximum atomic E-state index is 12.1. The summed E-state index contributed by atoms with van der Waals surface area (Å²) in [6, 6.07) is 0. The molecule has 3 aromatic heterocycles. The van der Waals surface area contributed by atoms with E-state index in [9.17, 15) is 4.79 Å². The van der Waals surface area contributed by atoms with Gasteiger partial charge in [-0.2, -0.15) is 10.1 Å². The number of carbonyl (C=O) groups excluding carboxylic acids is 1. The van der Waals surface area contributed by atoms with Crippen LogP contribution in [0.4, 0.5) is 5.95 Å². The predicted molar refractivity (Wildman–Crippen MR) is 64.7 cm³/mol. The zero-order chi connectivity index (χ0) is 12.7. The highest BCUT2D eigenvalue weighted by Gasteiger charge is 2.18. The van der Waals surface area contributed by atoms with Crippen molar-refractivity contribution < 1.29 is 4.79 Å². The van der Waals surface area contributed by atoms with E-state index in [1.165, 1.54) is 17.7 Å². The first kappa shape index (κ1) is 10.8. The summed E-state index contributed by atoms with van der Waals surface area (Å²) < 4.78 is 1.85. The summed E-state index contributed by atoms with van der Waals surface area (Å²) in [6.07, 6.45) is 1.33. The van der Waals surface area contributed by atoms with Crippen LogP contribution in [-0.4, -0.2) is 35.7 Å². The van der Waals surface area contributed by atoms with Crippen molar-refractivity contribution in [3.05, 3.63) is 22.7 Å². The van der Waals surface area contributed by atoms with Crippen molar-refractivity contribution in [2.45, 2.75) is 13.8 Å². The molecule has 92 valence electrons. The van der Waals surface area contributed by atoms with Crippen molar-refractivity contribution in [1.82, 2.24) is 29.8 Å². The molecule has 3 rings (SSSR count). The molecule has 0 unspecified atom stereocenters. The second kappa shape index (κ2) is 3.88. The summed E-state index contributed by atoms with van der Waals surface area (Å²) in [5, 5.41) is 16.8. The average molecular weight is 263 g/mol.